The summed E-state index contributed by atoms with van der Waals surface area (Å²) in [5.41, 5.74) is 3.39. The standard InChI is InChI=1S/C25H22N6O2S/c1-32-19-11-13-20(14-12-19)33-15-16-34-25-27-26-23-30-22-10-6-5-9-21(22)29(24(30)28-31(23)25)17-18-7-3-2-4-8-18/h2-14H,15-17H2,1H3. The Kier molecular flexibility index (Phi) is 5.31. The van der Waals surface area contributed by atoms with Crippen LogP contribution in [0.4, 0.5) is 0 Å². The van der Waals surface area contributed by atoms with E-state index in [1.54, 1.807) is 18.9 Å². The normalized spacial score (nSPS) is 11.6. The van der Waals surface area contributed by atoms with E-state index in [9.17, 15) is 0 Å². The molecule has 0 saturated carbocycles. The van der Waals surface area contributed by atoms with Gasteiger partial charge < -0.3 is 14.0 Å². The minimum absolute atomic E-state index is 0.544. The van der Waals surface area contributed by atoms with Gasteiger partial charge in [0.2, 0.25) is 10.9 Å². The number of methoxy groups -OCH3 is 1. The molecule has 0 N–H and O–H groups in total. The molecule has 0 spiro atoms. The molecule has 8 nitrogen and oxygen atoms in total. The van der Waals surface area contributed by atoms with Crippen molar-refractivity contribution < 1.29 is 9.47 Å². The van der Waals surface area contributed by atoms with E-state index in [0.29, 0.717) is 12.4 Å². The van der Waals surface area contributed by atoms with Crippen molar-refractivity contribution in [2.24, 2.45) is 0 Å². The lowest BCUT2D eigenvalue weighted by molar-refractivity contribution is 0.342. The summed E-state index contributed by atoms with van der Waals surface area (Å²) in [6.45, 7) is 1.27. The number of imidazole rings is 1. The maximum absolute atomic E-state index is 5.84. The lowest BCUT2D eigenvalue weighted by atomic mass is 10.2. The minimum atomic E-state index is 0.544. The predicted molar refractivity (Wildman–Crippen MR) is 132 cm³/mol. The number of ether oxygens (including phenoxy) is 2. The van der Waals surface area contributed by atoms with Crippen LogP contribution in [0.25, 0.3) is 22.6 Å². The van der Waals surface area contributed by atoms with Crippen LogP contribution in [-0.4, -0.2) is 48.2 Å². The quantitative estimate of drug-likeness (QED) is 0.240. The molecule has 0 amide bonds. The molecule has 3 heterocycles. The van der Waals surface area contributed by atoms with Gasteiger partial charge in [0.25, 0.3) is 5.78 Å². The highest BCUT2D eigenvalue weighted by Gasteiger charge is 2.20. The molecule has 34 heavy (non-hydrogen) atoms. The predicted octanol–water partition coefficient (Wildman–Crippen LogP) is 4.56. The molecular weight excluding hydrogens is 448 g/mol. The minimum Gasteiger partial charge on any atom is -0.497 e. The first kappa shape index (κ1) is 20.6. The van der Waals surface area contributed by atoms with E-state index in [1.807, 2.05) is 47.0 Å². The van der Waals surface area contributed by atoms with Gasteiger partial charge in [-0.1, -0.05) is 54.2 Å². The summed E-state index contributed by atoms with van der Waals surface area (Å²) in [6, 6.07) is 26.3. The number of fused-ring (bicyclic) bond motifs is 5. The first-order valence-electron chi connectivity index (χ1n) is 11.0. The van der Waals surface area contributed by atoms with Gasteiger partial charge >= 0.3 is 0 Å². The Labute approximate surface area is 199 Å². The third-order valence-corrected chi connectivity index (χ3v) is 6.55. The Hall–Kier alpha value is -3.98. The summed E-state index contributed by atoms with van der Waals surface area (Å²) in [4.78, 5) is 0. The van der Waals surface area contributed by atoms with Crippen molar-refractivity contribution in [1.82, 2.24) is 28.8 Å². The Morgan fingerprint density at radius 3 is 2.32 bits per heavy atom. The summed E-state index contributed by atoms with van der Waals surface area (Å²) in [7, 11) is 1.65. The second kappa shape index (κ2) is 8.75. The molecule has 6 rings (SSSR count). The van der Waals surface area contributed by atoms with E-state index in [4.69, 9.17) is 14.6 Å². The topological polar surface area (TPSA) is 70.9 Å². The molecular formula is C25H22N6O2S. The Morgan fingerprint density at radius 2 is 1.53 bits per heavy atom. The smallest absolute Gasteiger partial charge is 0.260 e. The van der Waals surface area contributed by atoms with Crippen LogP contribution in [0.2, 0.25) is 0 Å². The number of rotatable bonds is 8. The summed E-state index contributed by atoms with van der Waals surface area (Å²) >= 11 is 1.57. The van der Waals surface area contributed by atoms with Crippen LogP contribution in [0.1, 0.15) is 5.56 Å². The highest BCUT2D eigenvalue weighted by atomic mass is 32.2. The molecule has 3 aromatic heterocycles. The molecule has 0 fully saturated rings. The van der Waals surface area contributed by atoms with E-state index in [2.05, 4.69) is 55.6 Å². The van der Waals surface area contributed by atoms with Gasteiger partial charge in [-0.25, -0.2) is 4.40 Å². The molecule has 9 heteroatoms. The molecule has 0 unspecified atom stereocenters. The second-order valence-electron chi connectivity index (χ2n) is 7.76. The maximum atomic E-state index is 5.84. The molecule has 0 aliphatic rings. The number of para-hydroxylation sites is 2. The maximum Gasteiger partial charge on any atom is 0.260 e. The molecule has 0 saturated heterocycles. The zero-order valence-corrected chi connectivity index (χ0v) is 19.4. The number of nitrogens with zero attached hydrogens (tertiary/aromatic N) is 6. The fourth-order valence-corrected chi connectivity index (χ4v) is 4.76. The van der Waals surface area contributed by atoms with Gasteiger partial charge in [-0.05, 0) is 42.0 Å². The number of benzene rings is 3. The van der Waals surface area contributed by atoms with Gasteiger partial charge in [-0.2, -0.15) is 4.52 Å². The zero-order chi connectivity index (χ0) is 22.9. The number of thioether (sulfide) groups is 1. The Morgan fingerprint density at radius 1 is 0.794 bits per heavy atom. The number of hydrogen-bond acceptors (Lipinski definition) is 6. The van der Waals surface area contributed by atoms with E-state index in [1.165, 1.54) is 5.56 Å². The molecule has 3 aromatic carbocycles. The molecule has 0 radical (unpaired) electrons. The summed E-state index contributed by atoms with van der Waals surface area (Å²) < 4.78 is 17.1. The van der Waals surface area contributed by atoms with Crippen molar-refractivity contribution in [3.63, 3.8) is 0 Å². The molecule has 0 bridgehead atoms. The molecule has 0 aliphatic carbocycles. The summed E-state index contributed by atoms with van der Waals surface area (Å²) in [5.74, 6) is 3.88. The highest BCUT2D eigenvalue weighted by Crippen LogP contribution is 2.26. The van der Waals surface area contributed by atoms with E-state index >= 15 is 0 Å². The van der Waals surface area contributed by atoms with E-state index < -0.39 is 0 Å². The number of aromatic nitrogens is 6. The molecule has 0 atom stereocenters. The first-order valence-corrected chi connectivity index (χ1v) is 11.9. The van der Waals surface area contributed by atoms with Crippen molar-refractivity contribution >= 4 is 34.4 Å². The average molecular weight is 471 g/mol. The van der Waals surface area contributed by atoms with E-state index in [0.717, 1.165) is 45.8 Å². The van der Waals surface area contributed by atoms with Crippen LogP contribution in [0.15, 0.2) is 84.0 Å². The SMILES string of the molecule is COc1ccc(OCCSc2nnc3n2nc2n(Cc4ccccc4)c4ccccc4n23)cc1. The molecule has 170 valence electrons. The third kappa shape index (κ3) is 3.63. The fourth-order valence-electron chi connectivity index (χ4n) is 4.06. The monoisotopic (exact) mass is 470 g/mol. The molecule has 0 aliphatic heterocycles. The largest absolute Gasteiger partial charge is 0.497 e. The van der Waals surface area contributed by atoms with Crippen LogP contribution in [0, 0.1) is 0 Å². The fraction of sp³-hybridized carbons (Fsp3) is 0.160. The third-order valence-electron chi connectivity index (χ3n) is 5.67. The molecule has 6 aromatic rings. The van der Waals surface area contributed by atoms with Crippen LogP contribution >= 0.6 is 11.8 Å². The first-order chi connectivity index (χ1) is 16.8. The van der Waals surface area contributed by atoms with Crippen molar-refractivity contribution in [2.75, 3.05) is 19.5 Å². The Balaban J connectivity index is 1.27. The van der Waals surface area contributed by atoms with Gasteiger partial charge in [0.05, 0.1) is 31.3 Å². The van der Waals surface area contributed by atoms with Crippen LogP contribution in [-0.2, 0) is 6.54 Å². The average Bonchev–Trinajstić information content (AvgIpc) is 3.54. The van der Waals surface area contributed by atoms with Crippen molar-refractivity contribution in [3.8, 4) is 11.5 Å². The van der Waals surface area contributed by atoms with Crippen molar-refractivity contribution in [3.05, 3.63) is 84.4 Å². The van der Waals surface area contributed by atoms with Crippen LogP contribution in [0.5, 0.6) is 11.5 Å². The lowest BCUT2D eigenvalue weighted by Gasteiger charge is -2.06. The second-order valence-corrected chi connectivity index (χ2v) is 8.82. The van der Waals surface area contributed by atoms with Crippen molar-refractivity contribution in [1.29, 1.82) is 0 Å². The zero-order valence-electron chi connectivity index (χ0n) is 18.5. The summed E-state index contributed by atoms with van der Waals surface area (Å²) in [6.07, 6.45) is 0. The van der Waals surface area contributed by atoms with Crippen LogP contribution in [0.3, 0.4) is 0 Å². The van der Waals surface area contributed by atoms with E-state index in [-0.39, 0.29) is 0 Å². The van der Waals surface area contributed by atoms with Gasteiger partial charge in [-0.15, -0.1) is 15.3 Å². The van der Waals surface area contributed by atoms with Gasteiger partial charge in [0.15, 0.2) is 0 Å². The lowest BCUT2D eigenvalue weighted by Crippen LogP contribution is -2.02. The Bertz CT molecular complexity index is 1570. The van der Waals surface area contributed by atoms with Crippen LogP contribution < -0.4 is 9.47 Å². The highest BCUT2D eigenvalue weighted by molar-refractivity contribution is 7.99. The van der Waals surface area contributed by atoms with Gasteiger partial charge in [0.1, 0.15) is 11.5 Å². The van der Waals surface area contributed by atoms with Gasteiger partial charge in [0, 0.05) is 5.75 Å². The van der Waals surface area contributed by atoms with Gasteiger partial charge in [-0.3, -0.25) is 0 Å². The number of hydrogen-bond donors (Lipinski definition) is 0. The van der Waals surface area contributed by atoms with Crippen molar-refractivity contribution in [2.45, 2.75) is 11.7 Å². The summed E-state index contributed by atoms with van der Waals surface area (Å²) in [5, 5.41) is 14.5.